The molecule has 0 aliphatic carbocycles. The van der Waals surface area contributed by atoms with Crippen molar-refractivity contribution in [2.75, 3.05) is 5.43 Å². The van der Waals surface area contributed by atoms with Crippen LogP contribution in [0.5, 0.6) is 0 Å². The van der Waals surface area contributed by atoms with Gasteiger partial charge in [0.15, 0.2) is 0 Å². The first-order valence-electron chi connectivity index (χ1n) is 6.59. The molecule has 1 aromatic heterocycles. The van der Waals surface area contributed by atoms with Gasteiger partial charge < -0.3 is 5.43 Å². The zero-order valence-electron chi connectivity index (χ0n) is 12.3. The minimum atomic E-state index is 0.301. The highest BCUT2D eigenvalue weighted by molar-refractivity contribution is 7.99. The van der Waals surface area contributed by atoms with Crippen LogP contribution in [-0.4, -0.2) is 9.97 Å². The summed E-state index contributed by atoms with van der Waals surface area (Å²) in [6.45, 7) is 8.44. The summed E-state index contributed by atoms with van der Waals surface area (Å²) in [5.41, 5.74) is 6.21. The zero-order chi connectivity index (χ0) is 14.7. The molecule has 0 saturated carbocycles. The molecule has 106 valence electrons. The van der Waals surface area contributed by atoms with E-state index in [4.69, 9.17) is 5.84 Å². The lowest BCUT2D eigenvalue weighted by molar-refractivity contribution is 0.804. The maximum Gasteiger partial charge on any atom is 0.147 e. The third-order valence-electron chi connectivity index (χ3n) is 3.11. The Morgan fingerprint density at radius 1 is 1.20 bits per heavy atom. The molecule has 5 heteroatoms. The largest absolute Gasteiger partial charge is 0.308 e. The van der Waals surface area contributed by atoms with Gasteiger partial charge in [0.05, 0.1) is 0 Å². The summed E-state index contributed by atoms with van der Waals surface area (Å²) in [6.07, 6.45) is 1.55. The van der Waals surface area contributed by atoms with E-state index in [1.807, 2.05) is 0 Å². The number of hydrogen-bond acceptors (Lipinski definition) is 5. The van der Waals surface area contributed by atoms with Crippen molar-refractivity contribution in [1.82, 2.24) is 9.97 Å². The van der Waals surface area contributed by atoms with Gasteiger partial charge in [0.25, 0.3) is 0 Å². The molecule has 4 nitrogen and oxygen atoms in total. The third-order valence-corrected chi connectivity index (χ3v) is 4.29. The second kappa shape index (κ2) is 6.24. The van der Waals surface area contributed by atoms with Crippen LogP contribution in [-0.2, 0) is 0 Å². The molecule has 0 aliphatic rings. The molecule has 1 heterocycles. The van der Waals surface area contributed by atoms with Crippen LogP contribution in [0.3, 0.4) is 0 Å². The van der Waals surface area contributed by atoms with E-state index < -0.39 is 0 Å². The van der Waals surface area contributed by atoms with Crippen LogP contribution in [0, 0.1) is 13.8 Å². The number of nitrogens with two attached hydrogens (primary N) is 1. The average Bonchev–Trinajstić information content (AvgIpc) is 2.42. The highest BCUT2D eigenvalue weighted by Gasteiger charge is 2.16. The number of nitrogens with zero attached hydrogens (tertiary/aromatic N) is 2. The molecule has 0 unspecified atom stereocenters. The molecule has 0 radical (unpaired) electrons. The Labute approximate surface area is 124 Å². The summed E-state index contributed by atoms with van der Waals surface area (Å²) in [4.78, 5) is 9.85. The van der Waals surface area contributed by atoms with Gasteiger partial charge in [0, 0.05) is 10.5 Å². The number of hydrogen-bond donors (Lipinski definition) is 2. The summed E-state index contributed by atoms with van der Waals surface area (Å²) in [5, 5.41) is 0.955. The van der Waals surface area contributed by atoms with Crippen LogP contribution < -0.4 is 11.3 Å². The summed E-state index contributed by atoms with van der Waals surface area (Å²) in [7, 11) is 0. The quantitative estimate of drug-likeness (QED) is 0.511. The van der Waals surface area contributed by atoms with Crippen molar-refractivity contribution in [3.05, 3.63) is 41.2 Å². The highest BCUT2D eigenvalue weighted by atomic mass is 32.2. The smallest absolute Gasteiger partial charge is 0.147 e. The van der Waals surface area contributed by atoms with E-state index in [9.17, 15) is 0 Å². The monoisotopic (exact) mass is 288 g/mol. The first-order chi connectivity index (χ1) is 9.52. The molecule has 20 heavy (non-hydrogen) atoms. The topological polar surface area (TPSA) is 63.8 Å². The summed E-state index contributed by atoms with van der Waals surface area (Å²) >= 11 is 1.67. The lowest BCUT2D eigenvalue weighted by atomic mass is 10.1. The number of rotatable bonds is 4. The highest BCUT2D eigenvalue weighted by Crippen LogP contribution is 2.36. The van der Waals surface area contributed by atoms with Crippen LogP contribution in [0.15, 0.2) is 34.4 Å². The maximum absolute atomic E-state index is 5.56. The van der Waals surface area contributed by atoms with Crippen LogP contribution in [0.1, 0.15) is 36.5 Å². The number of nitrogens with one attached hydrogen (secondary N) is 1. The van der Waals surface area contributed by atoms with E-state index in [2.05, 4.69) is 61.3 Å². The predicted octanol–water partition coefficient (Wildman–Crippen LogP) is 3.65. The molecule has 0 atom stereocenters. The molecule has 2 aromatic rings. The van der Waals surface area contributed by atoms with Gasteiger partial charge in [0.1, 0.15) is 17.2 Å². The fourth-order valence-electron chi connectivity index (χ4n) is 2.02. The van der Waals surface area contributed by atoms with Crippen molar-refractivity contribution in [3.63, 3.8) is 0 Å². The Morgan fingerprint density at radius 3 is 2.60 bits per heavy atom. The van der Waals surface area contributed by atoms with E-state index in [1.54, 1.807) is 18.1 Å². The lowest BCUT2D eigenvalue weighted by Crippen LogP contribution is -2.13. The van der Waals surface area contributed by atoms with E-state index in [-0.39, 0.29) is 0 Å². The number of aryl methyl sites for hydroxylation is 2. The first kappa shape index (κ1) is 14.8. The molecule has 0 fully saturated rings. The van der Waals surface area contributed by atoms with Crippen molar-refractivity contribution >= 4 is 17.6 Å². The fourth-order valence-corrected chi connectivity index (χ4v) is 3.24. The first-order valence-corrected chi connectivity index (χ1v) is 7.41. The van der Waals surface area contributed by atoms with E-state index in [0.717, 1.165) is 10.6 Å². The number of hydrazine groups is 1. The third kappa shape index (κ3) is 3.11. The molecule has 1 aromatic carbocycles. The Kier molecular flexibility index (Phi) is 4.62. The Balaban J connectivity index is 2.45. The van der Waals surface area contributed by atoms with Gasteiger partial charge in [-0.1, -0.05) is 37.7 Å². The van der Waals surface area contributed by atoms with Crippen molar-refractivity contribution < 1.29 is 0 Å². The van der Waals surface area contributed by atoms with Crippen LogP contribution in [0.4, 0.5) is 5.82 Å². The normalized spacial score (nSPS) is 10.9. The second-order valence-corrected chi connectivity index (χ2v) is 6.14. The van der Waals surface area contributed by atoms with Gasteiger partial charge in [-0.05, 0) is 37.0 Å². The minimum Gasteiger partial charge on any atom is -0.308 e. The van der Waals surface area contributed by atoms with Gasteiger partial charge in [0.2, 0.25) is 0 Å². The van der Waals surface area contributed by atoms with E-state index in [1.165, 1.54) is 16.0 Å². The van der Waals surface area contributed by atoms with Crippen LogP contribution >= 0.6 is 11.8 Å². The van der Waals surface area contributed by atoms with Crippen LogP contribution in [0.2, 0.25) is 0 Å². The Morgan fingerprint density at radius 2 is 1.95 bits per heavy atom. The molecule has 0 spiro atoms. The standard InChI is InChI=1S/C15H20N4S/c1-9(2)13-14(19-16)17-8-18-15(13)20-12-7-10(3)5-6-11(12)4/h5-9H,16H2,1-4H3,(H,17,18,19). The molecule has 3 N–H and O–H groups in total. The maximum atomic E-state index is 5.56. The minimum absolute atomic E-state index is 0.301. The SMILES string of the molecule is Cc1ccc(C)c(Sc2ncnc(NN)c2C(C)C)c1. The Bertz CT molecular complexity index is 611. The molecular formula is C15H20N4S. The number of aromatic nitrogens is 2. The van der Waals surface area contributed by atoms with Crippen molar-refractivity contribution in [2.45, 2.75) is 43.5 Å². The second-order valence-electron chi connectivity index (χ2n) is 5.11. The molecule has 2 rings (SSSR count). The number of nitrogen functional groups attached to an aromatic ring is 1. The van der Waals surface area contributed by atoms with Gasteiger partial charge in [-0.2, -0.15) is 0 Å². The number of benzene rings is 1. The van der Waals surface area contributed by atoms with Gasteiger partial charge in [-0.25, -0.2) is 15.8 Å². The number of anilines is 1. The van der Waals surface area contributed by atoms with Gasteiger partial charge in [-0.15, -0.1) is 0 Å². The molecule has 0 aliphatic heterocycles. The molecular weight excluding hydrogens is 268 g/mol. The van der Waals surface area contributed by atoms with Gasteiger partial charge >= 0.3 is 0 Å². The summed E-state index contributed by atoms with van der Waals surface area (Å²) in [6, 6.07) is 6.44. The predicted molar refractivity (Wildman–Crippen MR) is 84.0 cm³/mol. The molecule has 0 saturated heterocycles. The summed E-state index contributed by atoms with van der Waals surface area (Å²) in [5.74, 6) is 6.55. The van der Waals surface area contributed by atoms with Crippen molar-refractivity contribution in [2.24, 2.45) is 5.84 Å². The summed E-state index contributed by atoms with van der Waals surface area (Å²) < 4.78 is 0. The molecule has 0 amide bonds. The van der Waals surface area contributed by atoms with Crippen molar-refractivity contribution in [1.29, 1.82) is 0 Å². The fraction of sp³-hybridized carbons (Fsp3) is 0.333. The lowest BCUT2D eigenvalue weighted by Gasteiger charge is -2.15. The zero-order valence-corrected chi connectivity index (χ0v) is 13.1. The van der Waals surface area contributed by atoms with E-state index in [0.29, 0.717) is 11.7 Å². The average molecular weight is 288 g/mol. The Hall–Kier alpha value is -1.59. The van der Waals surface area contributed by atoms with Gasteiger partial charge in [-0.3, -0.25) is 0 Å². The van der Waals surface area contributed by atoms with Crippen molar-refractivity contribution in [3.8, 4) is 0 Å². The van der Waals surface area contributed by atoms with Crippen LogP contribution in [0.25, 0.3) is 0 Å². The van der Waals surface area contributed by atoms with E-state index >= 15 is 0 Å². The molecule has 0 bridgehead atoms.